The van der Waals surface area contributed by atoms with Crippen LogP contribution in [0.15, 0.2) is 0 Å². The second-order valence-corrected chi connectivity index (χ2v) is 7.23. The topological polar surface area (TPSA) is 52.6 Å². The summed E-state index contributed by atoms with van der Waals surface area (Å²) in [6, 6.07) is 0. The summed E-state index contributed by atoms with van der Waals surface area (Å²) in [7, 11) is 0. The van der Waals surface area contributed by atoms with Gasteiger partial charge in [0.15, 0.2) is 5.78 Å². The Balaban J connectivity index is 2.83. The summed E-state index contributed by atoms with van der Waals surface area (Å²) in [5, 5.41) is 0. The molecule has 4 nitrogen and oxygen atoms in total. The maximum absolute atomic E-state index is 12.8. The Morgan fingerprint density at radius 2 is 1.76 bits per heavy atom. The van der Waals surface area contributed by atoms with Crippen LogP contribution in [0, 0.1) is 11.8 Å². The van der Waals surface area contributed by atoms with Crippen LogP contribution in [0.4, 0.5) is 0 Å². The third-order valence-electron chi connectivity index (χ3n) is 4.11. The van der Waals surface area contributed by atoms with E-state index in [-0.39, 0.29) is 5.78 Å². The Morgan fingerprint density at radius 1 is 1.24 bits per heavy atom. The first-order chi connectivity index (χ1) is 9.61. The zero-order chi connectivity index (χ0) is 16.3. The number of ketones is 1. The minimum atomic E-state index is -0.794. The number of ether oxygens (including phenoxy) is 2. The average Bonchev–Trinajstić information content (AvgIpc) is 2.38. The molecule has 21 heavy (non-hydrogen) atoms. The number of hydrogen-bond donors (Lipinski definition) is 0. The molecule has 1 aliphatic rings. The molecule has 0 aromatic carbocycles. The highest BCUT2D eigenvalue weighted by molar-refractivity contribution is 6.03. The van der Waals surface area contributed by atoms with E-state index in [0.717, 1.165) is 12.8 Å². The predicted molar refractivity (Wildman–Crippen MR) is 82.0 cm³/mol. The molecule has 0 aromatic heterocycles. The van der Waals surface area contributed by atoms with Crippen LogP contribution in [0.25, 0.3) is 0 Å². The molecular weight excluding hydrogens is 268 g/mol. The summed E-state index contributed by atoms with van der Waals surface area (Å²) < 4.78 is 11.2. The Morgan fingerprint density at radius 3 is 2.19 bits per heavy atom. The van der Waals surface area contributed by atoms with Crippen molar-refractivity contribution in [1.29, 1.82) is 0 Å². The lowest BCUT2D eigenvalue weighted by Crippen LogP contribution is -2.49. The van der Waals surface area contributed by atoms with Crippen LogP contribution in [-0.4, -0.2) is 29.6 Å². The molecular formula is C17H30O4. The van der Waals surface area contributed by atoms with Gasteiger partial charge >= 0.3 is 5.97 Å². The Labute approximate surface area is 128 Å². The molecule has 4 heteroatoms. The first-order valence-electron chi connectivity index (χ1n) is 8.02. The van der Waals surface area contributed by atoms with Gasteiger partial charge in [0.25, 0.3) is 0 Å². The first-order valence-corrected chi connectivity index (χ1v) is 8.02. The third kappa shape index (κ3) is 4.80. The van der Waals surface area contributed by atoms with Crippen molar-refractivity contribution in [1.82, 2.24) is 0 Å². The van der Waals surface area contributed by atoms with Gasteiger partial charge in [-0.25, -0.2) is 0 Å². The molecule has 0 aliphatic heterocycles. The fraction of sp³-hybridized carbons (Fsp3) is 0.882. The predicted octanol–water partition coefficient (Wildman–Crippen LogP) is 3.52. The normalized spacial score (nSPS) is 28.0. The number of carbonyl (C=O) groups excluding carboxylic acids is 2. The van der Waals surface area contributed by atoms with Crippen molar-refractivity contribution in [2.75, 3.05) is 6.61 Å². The zero-order valence-corrected chi connectivity index (χ0v) is 14.3. The molecule has 0 heterocycles. The van der Waals surface area contributed by atoms with E-state index in [1.807, 2.05) is 27.7 Å². The first kappa shape index (κ1) is 18.1. The molecule has 0 bridgehead atoms. The van der Waals surface area contributed by atoms with E-state index in [1.54, 1.807) is 6.92 Å². The molecule has 1 fully saturated rings. The molecule has 0 amide bonds. The molecule has 122 valence electrons. The van der Waals surface area contributed by atoms with Gasteiger partial charge in [-0.1, -0.05) is 6.92 Å². The van der Waals surface area contributed by atoms with Crippen molar-refractivity contribution in [3.8, 4) is 0 Å². The zero-order valence-electron chi connectivity index (χ0n) is 14.3. The summed E-state index contributed by atoms with van der Waals surface area (Å²) in [4.78, 5) is 25.0. The summed E-state index contributed by atoms with van der Waals surface area (Å²) in [6.45, 7) is 11.6. The lowest BCUT2D eigenvalue weighted by Gasteiger charge is -2.39. The highest BCUT2D eigenvalue weighted by Gasteiger charge is 2.46. The van der Waals surface area contributed by atoms with E-state index in [4.69, 9.17) is 9.47 Å². The molecule has 0 N–H and O–H groups in total. The number of Topliss-reactive ketones (excluding diaryl/α,β-unsaturated/α-hetero) is 1. The van der Waals surface area contributed by atoms with Crippen molar-refractivity contribution in [2.45, 2.75) is 78.4 Å². The highest BCUT2D eigenvalue weighted by Crippen LogP contribution is 2.37. The smallest absolute Gasteiger partial charge is 0.316 e. The summed E-state index contributed by atoms with van der Waals surface area (Å²) in [5.74, 6) is -0.733. The molecule has 0 spiro atoms. The van der Waals surface area contributed by atoms with E-state index in [9.17, 15) is 9.59 Å². The van der Waals surface area contributed by atoms with Crippen molar-refractivity contribution in [3.05, 3.63) is 0 Å². The van der Waals surface area contributed by atoms with Gasteiger partial charge in [-0.05, 0) is 66.2 Å². The standard InChI is InChI=1S/C17H30O4/c1-7-20-17(10-8-12(2)9-11-17)14(18)13(3)15(19)21-16(4,5)6/h12-13H,7-11H2,1-6H3. The van der Waals surface area contributed by atoms with Crippen molar-refractivity contribution in [3.63, 3.8) is 0 Å². The lowest BCUT2D eigenvalue weighted by molar-refractivity contribution is -0.170. The van der Waals surface area contributed by atoms with E-state index < -0.39 is 23.1 Å². The summed E-state index contributed by atoms with van der Waals surface area (Å²) in [6.07, 6.45) is 3.33. The SMILES string of the molecule is CCOC1(C(=O)C(C)C(=O)OC(C)(C)C)CCC(C)CC1. The van der Waals surface area contributed by atoms with E-state index >= 15 is 0 Å². The maximum Gasteiger partial charge on any atom is 0.316 e. The van der Waals surface area contributed by atoms with Gasteiger partial charge in [-0.2, -0.15) is 0 Å². The van der Waals surface area contributed by atoms with Crippen LogP contribution in [0.3, 0.4) is 0 Å². The number of carbonyl (C=O) groups is 2. The monoisotopic (exact) mass is 298 g/mol. The van der Waals surface area contributed by atoms with Gasteiger partial charge in [0.1, 0.15) is 17.1 Å². The van der Waals surface area contributed by atoms with E-state index in [1.165, 1.54) is 0 Å². The Kier molecular flexibility index (Phi) is 5.97. The highest BCUT2D eigenvalue weighted by atomic mass is 16.6. The van der Waals surface area contributed by atoms with Crippen LogP contribution in [0.5, 0.6) is 0 Å². The van der Waals surface area contributed by atoms with E-state index in [2.05, 4.69) is 6.92 Å². The molecule has 1 atom stereocenters. The maximum atomic E-state index is 12.8. The Hall–Kier alpha value is -0.900. The van der Waals surface area contributed by atoms with Gasteiger partial charge in [-0.3, -0.25) is 9.59 Å². The van der Waals surface area contributed by atoms with E-state index in [0.29, 0.717) is 25.4 Å². The van der Waals surface area contributed by atoms with Gasteiger partial charge < -0.3 is 9.47 Å². The minimum absolute atomic E-state index is 0.120. The molecule has 1 rings (SSSR count). The Bertz CT molecular complexity index is 373. The largest absolute Gasteiger partial charge is 0.459 e. The van der Waals surface area contributed by atoms with Crippen molar-refractivity contribution >= 4 is 11.8 Å². The number of esters is 1. The van der Waals surface area contributed by atoms with Gasteiger partial charge in [0.2, 0.25) is 0 Å². The van der Waals surface area contributed by atoms with Gasteiger partial charge in [0, 0.05) is 6.61 Å². The lowest BCUT2D eigenvalue weighted by atomic mass is 9.74. The fourth-order valence-electron chi connectivity index (χ4n) is 2.86. The van der Waals surface area contributed by atoms with Crippen molar-refractivity contribution < 1.29 is 19.1 Å². The van der Waals surface area contributed by atoms with Crippen LogP contribution < -0.4 is 0 Å². The summed E-state index contributed by atoms with van der Waals surface area (Å²) >= 11 is 0. The van der Waals surface area contributed by atoms with Crippen LogP contribution in [0.1, 0.15) is 67.2 Å². The number of rotatable bonds is 5. The summed E-state index contributed by atoms with van der Waals surface area (Å²) in [5.41, 5.74) is -1.37. The molecule has 0 radical (unpaired) electrons. The average molecular weight is 298 g/mol. The molecule has 0 aromatic rings. The van der Waals surface area contributed by atoms with Crippen LogP contribution in [-0.2, 0) is 19.1 Å². The van der Waals surface area contributed by atoms with Crippen LogP contribution >= 0.6 is 0 Å². The van der Waals surface area contributed by atoms with Gasteiger partial charge in [-0.15, -0.1) is 0 Å². The fourth-order valence-corrected chi connectivity index (χ4v) is 2.86. The third-order valence-corrected chi connectivity index (χ3v) is 4.11. The molecule has 1 unspecified atom stereocenters. The van der Waals surface area contributed by atoms with Gasteiger partial charge in [0.05, 0.1) is 0 Å². The minimum Gasteiger partial charge on any atom is -0.459 e. The second-order valence-electron chi connectivity index (χ2n) is 7.23. The molecule has 0 saturated heterocycles. The van der Waals surface area contributed by atoms with Crippen molar-refractivity contribution in [2.24, 2.45) is 11.8 Å². The van der Waals surface area contributed by atoms with Crippen LogP contribution in [0.2, 0.25) is 0 Å². The molecule has 1 saturated carbocycles. The second kappa shape index (κ2) is 6.91. The quantitative estimate of drug-likeness (QED) is 0.575. The molecule has 1 aliphatic carbocycles. The number of hydrogen-bond acceptors (Lipinski definition) is 4.